The van der Waals surface area contributed by atoms with Crippen LogP contribution in [0.25, 0.3) is 5.69 Å². The third-order valence-corrected chi connectivity index (χ3v) is 21.8. The maximum Gasteiger partial charge on any atom is 0.245 e. The summed E-state index contributed by atoms with van der Waals surface area (Å²) in [5.41, 5.74) is 0.792. The number of para-hydroxylation sites is 1. The van der Waals surface area contributed by atoms with Gasteiger partial charge in [-0.1, -0.05) is 126 Å². The lowest BCUT2D eigenvalue weighted by molar-refractivity contribution is -0.154. The molecule has 0 radical (unpaired) electrons. The van der Waals surface area contributed by atoms with Crippen molar-refractivity contribution in [2.75, 3.05) is 87.5 Å². The average molecular weight is 1510 g/mol. The van der Waals surface area contributed by atoms with Crippen LogP contribution in [0.4, 0.5) is 0 Å². The van der Waals surface area contributed by atoms with E-state index in [0.29, 0.717) is 49.8 Å². The molecule has 1 aromatic heterocycles. The molecule has 29 heteroatoms. The number of nitrogens with zero attached hydrogens (tertiary/aromatic N) is 11. The Bertz CT molecular complexity index is 3190. The maximum atomic E-state index is 15.3. The van der Waals surface area contributed by atoms with Crippen LogP contribution in [-0.4, -0.2) is 278 Å². The van der Waals surface area contributed by atoms with Crippen molar-refractivity contribution in [3.05, 3.63) is 30.3 Å². The van der Waals surface area contributed by atoms with E-state index in [-0.39, 0.29) is 62.9 Å². The zero-order valence-corrected chi connectivity index (χ0v) is 68.5. The molecule has 14 atom stereocenters. The first-order chi connectivity index (χ1) is 49.8. The van der Waals surface area contributed by atoms with Crippen LogP contribution in [0.15, 0.2) is 35.5 Å². The Morgan fingerprint density at radius 1 is 0.575 bits per heavy atom. The predicted molar refractivity (Wildman–Crippen MR) is 408 cm³/mol. The molecule has 4 N–H and O–H groups in total. The number of amides is 9. The highest BCUT2D eigenvalue weighted by molar-refractivity contribution is 7.99. The van der Waals surface area contributed by atoms with Crippen LogP contribution >= 0.6 is 11.8 Å². The predicted octanol–water partition coefficient (Wildman–Crippen LogP) is 5.94. The first-order valence-electron chi connectivity index (χ1n) is 38.4. The van der Waals surface area contributed by atoms with Gasteiger partial charge >= 0.3 is 0 Å². The Morgan fingerprint density at radius 3 is 1.70 bits per heavy atom. The van der Waals surface area contributed by atoms with Gasteiger partial charge < -0.3 is 59.9 Å². The Labute approximate surface area is 635 Å². The van der Waals surface area contributed by atoms with E-state index < -0.39 is 161 Å². The van der Waals surface area contributed by atoms with Crippen LogP contribution in [0.5, 0.6) is 0 Å². The number of thioether (sulfide) groups is 1. The molecule has 0 saturated carbocycles. The van der Waals surface area contributed by atoms with E-state index in [4.69, 9.17) is 9.47 Å². The fraction of sp³-hybridized carbons (Fsp3) is 0.766. The van der Waals surface area contributed by atoms with E-state index in [2.05, 4.69) is 36.4 Å². The number of morpholine rings is 1. The van der Waals surface area contributed by atoms with Gasteiger partial charge in [0.05, 0.1) is 37.2 Å². The number of aliphatic hydroxyl groups excluding tert-OH is 1. The highest BCUT2D eigenvalue weighted by Crippen LogP contribution is 2.29. The van der Waals surface area contributed by atoms with Gasteiger partial charge in [0.1, 0.15) is 48.3 Å². The van der Waals surface area contributed by atoms with Gasteiger partial charge in [0.2, 0.25) is 58.3 Å². The van der Waals surface area contributed by atoms with Gasteiger partial charge in [0.15, 0.2) is 11.6 Å². The topological polar surface area (TPSA) is 329 Å². The summed E-state index contributed by atoms with van der Waals surface area (Å²) < 4.78 is 13.6. The molecule has 2 aromatic rings. The monoisotopic (exact) mass is 1510 g/mol. The van der Waals surface area contributed by atoms with Crippen molar-refractivity contribution in [3.8, 4) is 5.69 Å². The van der Waals surface area contributed by atoms with Crippen LogP contribution in [0.2, 0.25) is 0 Å². The minimum atomic E-state index is -1.72. The number of carbonyl (C=O) groups is 11. The summed E-state index contributed by atoms with van der Waals surface area (Å²) in [7, 11) is 8.71. The number of unbranched alkanes of at least 4 members (excludes halogenated alkanes) is 2. The molecule has 0 bridgehead atoms. The van der Waals surface area contributed by atoms with Gasteiger partial charge in [-0.3, -0.25) is 57.6 Å². The zero-order chi connectivity index (χ0) is 79.7. The summed E-state index contributed by atoms with van der Waals surface area (Å²) in [4.78, 5) is 175. The smallest absolute Gasteiger partial charge is 0.245 e. The number of nitrogens with one attached hydrogen (secondary N) is 3. The lowest BCUT2D eigenvalue weighted by Gasteiger charge is -2.40. The number of ether oxygens (including phenoxy) is 2. The quantitative estimate of drug-likeness (QED) is 0.0660. The molecule has 2 aliphatic rings. The minimum absolute atomic E-state index is 0.0201. The molecular formula is C77H130N14O14S. The molecule has 0 aliphatic carbocycles. The fourth-order valence-corrected chi connectivity index (χ4v) is 14.9. The number of ketones is 2. The average Bonchev–Trinajstić information content (AvgIpc) is 1.03. The number of tetrazole rings is 1. The van der Waals surface area contributed by atoms with E-state index in [1.54, 1.807) is 60.1 Å². The minimum Gasteiger partial charge on any atom is -0.390 e. The molecule has 1 aromatic carbocycles. The number of rotatable bonds is 25. The third-order valence-electron chi connectivity index (χ3n) is 20.8. The molecule has 106 heavy (non-hydrogen) atoms. The van der Waals surface area contributed by atoms with Crippen LogP contribution in [0.1, 0.15) is 181 Å². The van der Waals surface area contributed by atoms with Crippen molar-refractivity contribution in [2.45, 2.75) is 253 Å². The van der Waals surface area contributed by atoms with Gasteiger partial charge in [0.25, 0.3) is 0 Å². The van der Waals surface area contributed by atoms with Gasteiger partial charge in [-0.15, -0.1) is 5.10 Å². The first-order valence-corrected chi connectivity index (χ1v) is 39.4. The van der Waals surface area contributed by atoms with Gasteiger partial charge in [-0.2, -0.15) is 4.68 Å². The Morgan fingerprint density at radius 2 is 1.13 bits per heavy atom. The highest BCUT2D eigenvalue weighted by atomic mass is 32.2. The number of aromatic nitrogens is 4. The molecular weight excluding hydrogens is 1380 g/mol. The van der Waals surface area contributed by atoms with Crippen LogP contribution in [0.3, 0.4) is 0 Å². The summed E-state index contributed by atoms with van der Waals surface area (Å²) in [6.45, 7) is 31.9. The van der Waals surface area contributed by atoms with Crippen molar-refractivity contribution in [3.63, 3.8) is 0 Å². The van der Waals surface area contributed by atoms with Crippen molar-refractivity contribution in [1.29, 1.82) is 0 Å². The third kappa shape index (κ3) is 26.1. The molecule has 9 amide bonds. The molecule has 2 saturated heterocycles. The van der Waals surface area contributed by atoms with Crippen molar-refractivity contribution < 1.29 is 67.3 Å². The van der Waals surface area contributed by atoms with Crippen LogP contribution < -0.4 is 16.0 Å². The molecule has 2 fully saturated rings. The molecule has 28 nitrogen and oxygen atoms in total. The number of benzene rings is 1. The van der Waals surface area contributed by atoms with E-state index in [1.807, 2.05) is 71.9 Å². The summed E-state index contributed by atoms with van der Waals surface area (Å²) in [6.07, 6.45) is 0.280. The van der Waals surface area contributed by atoms with Crippen LogP contribution in [-0.2, 0) is 62.2 Å². The molecule has 2 aliphatic heterocycles. The van der Waals surface area contributed by atoms with E-state index in [0.717, 1.165) is 36.6 Å². The zero-order valence-electron chi connectivity index (χ0n) is 67.7. The molecule has 0 unspecified atom stereocenters. The summed E-state index contributed by atoms with van der Waals surface area (Å²) in [6, 6.07) is -2.07. The standard InChI is InChI=1S/C77H130N14O14S/c1-23-58-74(101)84(17)54(15)72(99)89(22)66(55(16)105-37-29-28-34-90-35-38-104-39-36-90)63(93)45-57(49(8)9)73(100)85(18)59(41-46(2)3)62(92)44-52(13)68(95)78-53(14)71(98)86(19)60(42-47(4)5)75(102)87(20)61(43-48(6)7)76(103)88(21)65(50(10)11)70(97)80-64(69(96)79-58)67(94)51(12)31-27-30-40-106-77-81-82-83-91(77)56-32-25-24-26-33-56/h24-26,32-33,46-55,57-61,64-67,94H,23,27-31,34-45H2,1-22H3,(H,78,95)(H,79,96)(H,80,97)/t51-,52-,53-,54-,55-,57+,58+,59+,60+,61+,64+,65+,66+,67-/m1/s1. The van der Waals surface area contributed by atoms with E-state index in [1.165, 1.54) is 92.4 Å². The lowest BCUT2D eigenvalue weighted by atomic mass is 9.85. The second-order valence-corrected chi connectivity index (χ2v) is 32.5. The van der Waals surface area contributed by atoms with Crippen molar-refractivity contribution >= 4 is 76.5 Å². The number of carbonyl (C=O) groups excluding carboxylic acids is 11. The van der Waals surface area contributed by atoms with Crippen molar-refractivity contribution in [1.82, 2.24) is 70.5 Å². The van der Waals surface area contributed by atoms with Crippen LogP contribution in [0, 0.1) is 47.3 Å². The van der Waals surface area contributed by atoms with E-state index >= 15 is 33.6 Å². The second-order valence-electron chi connectivity index (χ2n) is 31.5. The maximum absolute atomic E-state index is 15.3. The number of hydrogen-bond acceptors (Lipinski definition) is 19. The highest BCUT2D eigenvalue weighted by Gasteiger charge is 2.45. The molecule has 0 spiro atoms. The van der Waals surface area contributed by atoms with Crippen molar-refractivity contribution in [2.24, 2.45) is 47.3 Å². The first kappa shape index (κ1) is 91.4. The number of likely N-dealkylation sites (N-methyl/N-ethyl adjacent to an activating group) is 6. The van der Waals surface area contributed by atoms with E-state index in [9.17, 15) is 24.3 Å². The molecule has 3 heterocycles. The lowest BCUT2D eigenvalue weighted by Crippen LogP contribution is -2.63. The Hall–Kier alpha value is -6.95. The SMILES string of the molecule is CC[C@@H]1NC(=O)[C@H]([C@H](O)[C@H](C)CCCCSc2nnnn2-c2ccccc2)NC(=O)[C@H](C(C)C)N(C)C(=O)[C@H](CC(C)C)N(C)C(=O)[C@H](CC(C)C)N(C)C(=O)[C@@H](C)NC(=O)[C@H](C)CC(=O)[C@H](CC(C)C)N(C)C(=O)[C@H](C(C)C)CC(=O)[C@H]([C@@H](C)OCCCCN2CCOCC2)N(C)C(=O)[C@@H](C)N(C)C1=O. The number of Topliss-reactive ketones (excluding diaryl/α,β-unsaturated/α-hetero) is 2. The second kappa shape index (κ2) is 43.9. The fourth-order valence-electron chi connectivity index (χ4n) is 14.0. The molecule has 4 rings (SSSR count). The molecule has 598 valence electrons. The summed E-state index contributed by atoms with van der Waals surface area (Å²) in [5, 5.41) is 33.7. The number of aliphatic hydroxyl groups is 1. The summed E-state index contributed by atoms with van der Waals surface area (Å²) in [5.74, 6) is -10.6. The largest absolute Gasteiger partial charge is 0.390 e. The Balaban J connectivity index is 1.86. The van der Waals surface area contributed by atoms with Gasteiger partial charge in [0, 0.05) is 92.4 Å². The Kier molecular flexibility index (Phi) is 37.9. The summed E-state index contributed by atoms with van der Waals surface area (Å²) >= 11 is 1.45. The van der Waals surface area contributed by atoms with Gasteiger partial charge in [-0.05, 0) is 137 Å². The van der Waals surface area contributed by atoms with Gasteiger partial charge in [-0.25, -0.2) is 0 Å². The normalized spacial score (nSPS) is 25.9. The number of hydrogen-bond donors (Lipinski definition) is 4.